The summed E-state index contributed by atoms with van der Waals surface area (Å²) in [6, 6.07) is 14.1. The lowest BCUT2D eigenvalue weighted by atomic mass is 10.1. The number of nitrogens with zero attached hydrogens (tertiary/aromatic N) is 2. The molecule has 0 saturated heterocycles. The zero-order chi connectivity index (χ0) is 19.2. The average Bonchev–Trinajstić information content (AvgIpc) is 2.70. The molecule has 0 spiro atoms. The Balaban J connectivity index is 1.76. The van der Waals surface area contributed by atoms with Gasteiger partial charge in [-0.15, -0.1) is 0 Å². The van der Waals surface area contributed by atoms with Gasteiger partial charge in [0, 0.05) is 23.9 Å². The SMILES string of the molecule is CNc1ncc(NC(=O)c2cc(NC(=O)c3ccccc3)ccc2C)cn1. The van der Waals surface area contributed by atoms with Gasteiger partial charge < -0.3 is 16.0 Å². The van der Waals surface area contributed by atoms with Gasteiger partial charge in [-0.05, 0) is 36.8 Å². The Morgan fingerprint density at radius 2 is 1.52 bits per heavy atom. The van der Waals surface area contributed by atoms with Gasteiger partial charge in [0.25, 0.3) is 11.8 Å². The third kappa shape index (κ3) is 4.46. The van der Waals surface area contributed by atoms with E-state index in [1.165, 1.54) is 12.4 Å². The number of aryl methyl sites for hydroxylation is 1. The number of carbonyl (C=O) groups is 2. The molecule has 0 aliphatic rings. The summed E-state index contributed by atoms with van der Waals surface area (Å²) in [5.74, 6) is -0.0687. The third-order valence-corrected chi connectivity index (χ3v) is 3.91. The van der Waals surface area contributed by atoms with Crippen molar-refractivity contribution in [3.8, 4) is 0 Å². The second kappa shape index (κ2) is 8.09. The highest BCUT2D eigenvalue weighted by Gasteiger charge is 2.13. The normalized spacial score (nSPS) is 10.1. The predicted octanol–water partition coefficient (Wildman–Crippen LogP) is 3.33. The van der Waals surface area contributed by atoms with E-state index in [1.54, 1.807) is 49.5 Å². The van der Waals surface area contributed by atoms with Crippen molar-refractivity contribution in [1.82, 2.24) is 9.97 Å². The molecule has 7 heteroatoms. The minimum atomic E-state index is -0.302. The van der Waals surface area contributed by atoms with Crippen LogP contribution in [0.1, 0.15) is 26.3 Å². The third-order valence-electron chi connectivity index (χ3n) is 3.91. The summed E-state index contributed by atoms with van der Waals surface area (Å²) in [6.45, 7) is 1.83. The van der Waals surface area contributed by atoms with E-state index in [9.17, 15) is 9.59 Å². The van der Waals surface area contributed by atoms with Crippen molar-refractivity contribution in [2.45, 2.75) is 6.92 Å². The molecular weight excluding hydrogens is 342 g/mol. The fourth-order valence-electron chi connectivity index (χ4n) is 2.46. The van der Waals surface area contributed by atoms with E-state index in [0.29, 0.717) is 28.5 Å². The molecule has 7 nitrogen and oxygen atoms in total. The standard InChI is InChI=1S/C20H19N5O2/c1-13-8-9-15(24-18(26)14-6-4-3-5-7-14)10-17(13)19(27)25-16-11-22-20(21-2)23-12-16/h3-12H,1-2H3,(H,24,26)(H,25,27)(H,21,22,23). The zero-order valence-corrected chi connectivity index (χ0v) is 15.0. The second-order valence-corrected chi connectivity index (χ2v) is 5.85. The maximum absolute atomic E-state index is 12.6. The Hall–Kier alpha value is -3.74. The summed E-state index contributed by atoms with van der Waals surface area (Å²) in [7, 11) is 1.71. The van der Waals surface area contributed by atoms with Gasteiger partial charge in [-0.3, -0.25) is 9.59 Å². The average molecular weight is 361 g/mol. The van der Waals surface area contributed by atoms with Crippen molar-refractivity contribution in [2.24, 2.45) is 0 Å². The smallest absolute Gasteiger partial charge is 0.256 e. The highest BCUT2D eigenvalue weighted by molar-refractivity contribution is 6.08. The fourth-order valence-corrected chi connectivity index (χ4v) is 2.46. The molecule has 27 heavy (non-hydrogen) atoms. The maximum atomic E-state index is 12.6. The fraction of sp³-hybridized carbons (Fsp3) is 0.100. The van der Waals surface area contributed by atoms with Gasteiger partial charge >= 0.3 is 0 Å². The van der Waals surface area contributed by atoms with Crippen molar-refractivity contribution in [3.05, 3.63) is 77.6 Å². The van der Waals surface area contributed by atoms with Crippen LogP contribution < -0.4 is 16.0 Å². The Kier molecular flexibility index (Phi) is 5.41. The first-order valence-corrected chi connectivity index (χ1v) is 8.35. The first-order chi connectivity index (χ1) is 13.1. The van der Waals surface area contributed by atoms with E-state index in [1.807, 2.05) is 13.0 Å². The van der Waals surface area contributed by atoms with Crippen LogP contribution in [0.4, 0.5) is 17.3 Å². The van der Waals surface area contributed by atoms with Crippen LogP contribution in [-0.4, -0.2) is 28.8 Å². The number of rotatable bonds is 5. The zero-order valence-electron chi connectivity index (χ0n) is 15.0. The molecular formula is C20H19N5O2. The number of anilines is 3. The van der Waals surface area contributed by atoms with E-state index in [4.69, 9.17) is 0 Å². The summed E-state index contributed by atoms with van der Waals surface area (Å²) in [6.07, 6.45) is 3.04. The van der Waals surface area contributed by atoms with Gasteiger partial charge in [-0.25, -0.2) is 9.97 Å². The van der Waals surface area contributed by atoms with Crippen LogP contribution >= 0.6 is 0 Å². The molecule has 0 unspecified atom stereocenters. The van der Waals surface area contributed by atoms with Gasteiger partial charge in [-0.1, -0.05) is 24.3 Å². The van der Waals surface area contributed by atoms with E-state index in [0.717, 1.165) is 5.56 Å². The molecule has 0 aliphatic carbocycles. The van der Waals surface area contributed by atoms with E-state index in [-0.39, 0.29) is 11.8 Å². The Morgan fingerprint density at radius 1 is 0.852 bits per heavy atom. The molecule has 0 bridgehead atoms. The lowest BCUT2D eigenvalue weighted by molar-refractivity contribution is 0.101. The lowest BCUT2D eigenvalue weighted by Gasteiger charge is -2.11. The van der Waals surface area contributed by atoms with Gasteiger partial charge in [0.15, 0.2) is 0 Å². The quantitative estimate of drug-likeness (QED) is 0.648. The molecule has 2 aromatic carbocycles. The van der Waals surface area contributed by atoms with Crippen molar-refractivity contribution in [3.63, 3.8) is 0 Å². The second-order valence-electron chi connectivity index (χ2n) is 5.85. The highest BCUT2D eigenvalue weighted by Crippen LogP contribution is 2.18. The molecule has 2 amide bonds. The summed E-state index contributed by atoms with van der Waals surface area (Å²) in [5, 5.41) is 8.38. The number of amides is 2. The van der Waals surface area contributed by atoms with Crippen LogP contribution in [0.15, 0.2) is 60.9 Å². The monoisotopic (exact) mass is 361 g/mol. The number of aromatic nitrogens is 2. The van der Waals surface area contributed by atoms with Crippen molar-refractivity contribution >= 4 is 29.1 Å². The van der Waals surface area contributed by atoms with Crippen LogP contribution in [0.2, 0.25) is 0 Å². The molecule has 1 heterocycles. The minimum absolute atomic E-state index is 0.234. The number of hydrogen-bond acceptors (Lipinski definition) is 5. The van der Waals surface area contributed by atoms with E-state index < -0.39 is 0 Å². The van der Waals surface area contributed by atoms with Crippen molar-refractivity contribution in [2.75, 3.05) is 23.0 Å². The molecule has 0 radical (unpaired) electrons. The summed E-state index contributed by atoms with van der Waals surface area (Å²) < 4.78 is 0. The van der Waals surface area contributed by atoms with E-state index in [2.05, 4.69) is 25.9 Å². The van der Waals surface area contributed by atoms with Crippen LogP contribution in [-0.2, 0) is 0 Å². The molecule has 3 rings (SSSR count). The summed E-state index contributed by atoms with van der Waals surface area (Å²) in [5.41, 5.74) is 2.82. The van der Waals surface area contributed by atoms with Crippen molar-refractivity contribution in [1.29, 1.82) is 0 Å². The van der Waals surface area contributed by atoms with Crippen molar-refractivity contribution < 1.29 is 9.59 Å². The summed E-state index contributed by atoms with van der Waals surface area (Å²) >= 11 is 0. The molecule has 3 aromatic rings. The first-order valence-electron chi connectivity index (χ1n) is 8.35. The van der Waals surface area contributed by atoms with Crippen LogP contribution in [0.25, 0.3) is 0 Å². The molecule has 136 valence electrons. The molecule has 1 aromatic heterocycles. The number of nitrogens with one attached hydrogen (secondary N) is 3. The summed E-state index contributed by atoms with van der Waals surface area (Å²) in [4.78, 5) is 33.0. The topological polar surface area (TPSA) is 96.0 Å². The van der Waals surface area contributed by atoms with E-state index >= 15 is 0 Å². The van der Waals surface area contributed by atoms with Crippen LogP contribution in [0.3, 0.4) is 0 Å². The molecule has 0 atom stereocenters. The number of hydrogen-bond donors (Lipinski definition) is 3. The Labute approximate surface area is 156 Å². The molecule has 3 N–H and O–H groups in total. The molecule has 0 fully saturated rings. The maximum Gasteiger partial charge on any atom is 0.256 e. The lowest BCUT2D eigenvalue weighted by Crippen LogP contribution is -2.16. The highest BCUT2D eigenvalue weighted by atomic mass is 16.2. The van der Waals surface area contributed by atoms with Gasteiger partial charge in [0.2, 0.25) is 5.95 Å². The number of benzene rings is 2. The first kappa shape index (κ1) is 18.1. The van der Waals surface area contributed by atoms with Gasteiger partial charge in [0.05, 0.1) is 18.1 Å². The number of carbonyl (C=O) groups excluding carboxylic acids is 2. The van der Waals surface area contributed by atoms with Crippen LogP contribution in [0.5, 0.6) is 0 Å². The Morgan fingerprint density at radius 3 is 2.19 bits per heavy atom. The largest absolute Gasteiger partial charge is 0.357 e. The minimum Gasteiger partial charge on any atom is -0.357 e. The molecule has 0 saturated carbocycles. The Bertz CT molecular complexity index is 956. The predicted molar refractivity (Wildman–Crippen MR) is 105 cm³/mol. The molecule has 0 aliphatic heterocycles. The van der Waals surface area contributed by atoms with Gasteiger partial charge in [-0.2, -0.15) is 0 Å². The van der Waals surface area contributed by atoms with Gasteiger partial charge in [0.1, 0.15) is 0 Å². The van der Waals surface area contributed by atoms with Crippen LogP contribution in [0, 0.1) is 6.92 Å².